The van der Waals surface area contributed by atoms with E-state index in [1.807, 2.05) is 18.2 Å². The van der Waals surface area contributed by atoms with E-state index in [0.717, 1.165) is 35.0 Å². The van der Waals surface area contributed by atoms with E-state index in [1.54, 1.807) is 0 Å². The lowest BCUT2D eigenvalue weighted by molar-refractivity contribution is 0.182. The quantitative estimate of drug-likeness (QED) is 0.739. The van der Waals surface area contributed by atoms with Gasteiger partial charge in [-0.2, -0.15) is 0 Å². The predicted molar refractivity (Wildman–Crippen MR) is 106 cm³/mol. The maximum absolute atomic E-state index is 6.19. The second kappa shape index (κ2) is 8.06. The molecule has 0 aromatic heterocycles. The zero-order valence-electron chi connectivity index (χ0n) is 14.9. The zero-order chi connectivity index (χ0) is 17.8. The van der Waals surface area contributed by atoms with Gasteiger partial charge in [0.1, 0.15) is 12.4 Å². The molecule has 0 atom stereocenters. The van der Waals surface area contributed by atoms with E-state index >= 15 is 0 Å². The molecule has 2 aromatic rings. The molecule has 5 heteroatoms. The van der Waals surface area contributed by atoms with Gasteiger partial charge in [0.15, 0.2) is 0 Å². The molecule has 4 rings (SSSR count). The third-order valence-corrected chi connectivity index (χ3v) is 5.16. The summed E-state index contributed by atoms with van der Waals surface area (Å²) in [4.78, 5) is 11.3. The third-order valence-electron chi connectivity index (χ3n) is 4.98. The number of piperidine rings is 1. The van der Waals surface area contributed by atoms with Crippen LogP contribution in [-0.4, -0.2) is 36.3 Å². The van der Waals surface area contributed by atoms with Crippen LogP contribution < -0.4 is 15.5 Å². The first kappa shape index (κ1) is 17.3. The van der Waals surface area contributed by atoms with Crippen molar-refractivity contribution in [3.8, 4) is 5.75 Å². The highest BCUT2D eigenvalue weighted by Crippen LogP contribution is 2.18. The number of likely N-dealkylation sites (tertiary alicyclic amines) is 1. The summed E-state index contributed by atoms with van der Waals surface area (Å²) in [6.45, 7) is 4.05. The number of ether oxygens (including phenoxy) is 1. The lowest BCUT2D eigenvalue weighted by Gasteiger charge is -2.26. The van der Waals surface area contributed by atoms with E-state index in [1.165, 1.54) is 37.9 Å². The Morgan fingerprint density at radius 3 is 2.58 bits per heavy atom. The molecule has 4 nitrogen and oxygen atoms in total. The topological polar surface area (TPSA) is 37.2 Å². The first-order chi connectivity index (χ1) is 12.8. The highest BCUT2D eigenvalue weighted by Gasteiger charge is 2.15. The van der Waals surface area contributed by atoms with Crippen LogP contribution in [0.5, 0.6) is 5.75 Å². The van der Waals surface area contributed by atoms with Crippen molar-refractivity contribution in [1.82, 2.24) is 4.90 Å². The fourth-order valence-electron chi connectivity index (χ4n) is 3.62. The molecule has 2 aliphatic rings. The van der Waals surface area contributed by atoms with E-state index in [4.69, 9.17) is 17.0 Å². The Balaban J connectivity index is 1.56. The van der Waals surface area contributed by atoms with Crippen LogP contribution in [0.4, 0.5) is 0 Å². The number of hydrogen-bond donors (Lipinski definition) is 0. The molecule has 134 valence electrons. The van der Waals surface area contributed by atoms with Gasteiger partial charge in [0, 0.05) is 18.5 Å². The van der Waals surface area contributed by atoms with Crippen molar-refractivity contribution in [1.29, 1.82) is 0 Å². The van der Waals surface area contributed by atoms with Crippen molar-refractivity contribution in [2.75, 3.05) is 26.2 Å². The van der Waals surface area contributed by atoms with Crippen molar-refractivity contribution < 1.29 is 4.74 Å². The van der Waals surface area contributed by atoms with Gasteiger partial charge in [0.25, 0.3) is 0 Å². The van der Waals surface area contributed by atoms with Gasteiger partial charge in [-0.25, -0.2) is 9.98 Å². The lowest BCUT2D eigenvalue weighted by atomic mass is 10.0. The molecular formula is C21H23N3OS. The average molecular weight is 366 g/mol. The first-order valence-corrected chi connectivity index (χ1v) is 9.73. The zero-order valence-corrected chi connectivity index (χ0v) is 15.7. The molecule has 0 bridgehead atoms. The first-order valence-electron chi connectivity index (χ1n) is 9.32. The smallest absolute Gasteiger partial charge is 0.220 e. The summed E-state index contributed by atoms with van der Waals surface area (Å²) in [5.74, 6) is 0.897. The average Bonchev–Trinajstić information content (AvgIpc) is 3.06. The van der Waals surface area contributed by atoms with Gasteiger partial charge in [-0.1, -0.05) is 36.8 Å². The number of hydrogen-bond acceptors (Lipinski definition) is 3. The molecule has 0 N–H and O–H groups in total. The van der Waals surface area contributed by atoms with Crippen LogP contribution in [0.15, 0.2) is 52.4 Å². The SMILES string of the molecule is S=C1N=c2ccc(OCCN3CCCCC3)c(Cc3ccccc3)c2=N1. The summed E-state index contributed by atoms with van der Waals surface area (Å²) < 4.78 is 6.19. The number of nitrogens with zero attached hydrogens (tertiary/aromatic N) is 3. The molecule has 0 amide bonds. The minimum Gasteiger partial charge on any atom is -0.492 e. The van der Waals surface area contributed by atoms with Gasteiger partial charge in [-0.3, -0.25) is 4.90 Å². The van der Waals surface area contributed by atoms with Gasteiger partial charge in [0.2, 0.25) is 5.11 Å². The number of rotatable bonds is 6. The summed E-state index contributed by atoms with van der Waals surface area (Å²) >= 11 is 5.18. The van der Waals surface area contributed by atoms with Crippen LogP contribution in [0.25, 0.3) is 0 Å². The predicted octanol–water partition coefficient (Wildman–Crippen LogP) is 2.68. The maximum Gasteiger partial charge on any atom is 0.220 e. The Kier molecular flexibility index (Phi) is 5.37. The Morgan fingerprint density at radius 2 is 1.77 bits per heavy atom. The van der Waals surface area contributed by atoms with E-state index in [9.17, 15) is 0 Å². The van der Waals surface area contributed by atoms with Crippen molar-refractivity contribution in [3.63, 3.8) is 0 Å². The Morgan fingerprint density at radius 1 is 0.962 bits per heavy atom. The molecule has 2 heterocycles. The van der Waals surface area contributed by atoms with Crippen LogP contribution >= 0.6 is 12.2 Å². The number of benzene rings is 2. The largest absolute Gasteiger partial charge is 0.492 e. The third kappa shape index (κ3) is 4.00. The molecule has 1 fully saturated rings. The maximum atomic E-state index is 6.19. The summed E-state index contributed by atoms with van der Waals surface area (Å²) in [6, 6.07) is 14.4. The fraction of sp³-hybridized carbons (Fsp3) is 0.381. The van der Waals surface area contributed by atoms with Gasteiger partial charge in [0.05, 0.1) is 10.7 Å². The van der Waals surface area contributed by atoms with Gasteiger partial charge >= 0.3 is 0 Å². The monoisotopic (exact) mass is 365 g/mol. The minimum absolute atomic E-state index is 0.403. The number of thiocarbonyl (C=S) groups is 1. The molecular weight excluding hydrogens is 342 g/mol. The minimum atomic E-state index is 0.403. The highest BCUT2D eigenvalue weighted by atomic mass is 32.1. The van der Waals surface area contributed by atoms with Crippen LogP contribution in [0.2, 0.25) is 0 Å². The summed E-state index contributed by atoms with van der Waals surface area (Å²) in [6.07, 6.45) is 4.73. The molecule has 0 radical (unpaired) electrons. The molecule has 0 unspecified atom stereocenters. The van der Waals surface area contributed by atoms with Gasteiger partial charge in [-0.15, -0.1) is 0 Å². The van der Waals surface area contributed by atoms with E-state index < -0.39 is 0 Å². The van der Waals surface area contributed by atoms with Gasteiger partial charge in [-0.05, 0) is 55.8 Å². The van der Waals surface area contributed by atoms with Crippen LogP contribution in [0, 0.1) is 0 Å². The fourth-order valence-corrected chi connectivity index (χ4v) is 3.81. The van der Waals surface area contributed by atoms with E-state index in [2.05, 4.69) is 39.2 Å². The van der Waals surface area contributed by atoms with Crippen molar-refractivity contribution in [2.24, 2.45) is 9.98 Å². The molecule has 0 aliphatic carbocycles. The normalized spacial score (nSPS) is 16.7. The summed E-state index contributed by atoms with van der Waals surface area (Å²) in [7, 11) is 0. The molecule has 2 aromatic carbocycles. The Hall–Kier alpha value is -2.11. The van der Waals surface area contributed by atoms with Crippen molar-refractivity contribution >= 4 is 17.3 Å². The lowest BCUT2D eigenvalue weighted by Crippen LogP contribution is -2.33. The van der Waals surface area contributed by atoms with E-state index in [-0.39, 0.29) is 0 Å². The van der Waals surface area contributed by atoms with Crippen LogP contribution in [-0.2, 0) is 6.42 Å². The van der Waals surface area contributed by atoms with Crippen molar-refractivity contribution in [3.05, 3.63) is 64.3 Å². The summed E-state index contributed by atoms with van der Waals surface area (Å²) in [5.41, 5.74) is 2.31. The second-order valence-corrected chi connectivity index (χ2v) is 7.19. The number of fused-ring (bicyclic) bond motifs is 1. The van der Waals surface area contributed by atoms with Crippen LogP contribution in [0.1, 0.15) is 30.4 Å². The Labute approximate surface area is 159 Å². The second-order valence-electron chi connectivity index (χ2n) is 6.83. The molecule has 26 heavy (non-hydrogen) atoms. The molecule has 0 saturated carbocycles. The van der Waals surface area contributed by atoms with Gasteiger partial charge < -0.3 is 4.74 Å². The molecule has 2 aliphatic heterocycles. The highest BCUT2D eigenvalue weighted by molar-refractivity contribution is 7.80. The standard InChI is InChI=1S/C21H23N3OS/c26-21-22-18-9-10-19(25-14-13-24-11-5-2-6-12-24)17(20(18)23-21)15-16-7-3-1-4-8-16/h1,3-4,7-10H,2,5-6,11-15H2. The van der Waals surface area contributed by atoms with Crippen LogP contribution in [0.3, 0.4) is 0 Å². The van der Waals surface area contributed by atoms with Crippen molar-refractivity contribution in [2.45, 2.75) is 25.7 Å². The molecule has 0 spiro atoms. The Bertz CT molecular complexity index is 905. The van der Waals surface area contributed by atoms with E-state index in [0.29, 0.717) is 11.7 Å². The summed E-state index contributed by atoms with van der Waals surface area (Å²) in [5, 5.41) is 2.12. The molecule has 1 saturated heterocycles.